The molecule has 29 heavy (non-hydrogen) atoms. The molecule has 0 saturated carbocycles. The highest BCUT2D eigenvalue weighted by Gasteiger charge is 2.35. The van der Waals surface area contributed by atoms with Crippen molar-refractivity contribution in [1.29, 1.82) is 0 Å². The summed E-state index contributed by atoms with van der Waals surface area (Å²) >= 11 is 0. The van der Waals surface area contributed by atoms with Gasteiger partial charge in [-0.25, -0.2) is 4.68 Å². The number of hydrogen-bond acceptors (Lipinski definition) is 3. The predicted molar refractivity (Wildman–Crippen MR) is 119 cm³/mol. The fraction of sp³-hybridized carbons (Fsp3) is 0.304. The van der Waals surface area contributed by atoms with Crippen molar-refractivity contribution in [3.05, 3.63) is 72.4 Å². The largest absolute Gasteiger partial charge is 0.338 e. The Morgan fingerprint density at radius 3 is 2.59 bits per heavy atom. The van der Waals surface area contributed by atoms with Gasteiger partial charge >= 0.3 is 0 Å². The SMILES string of the molecule is CC1(C)CN(C(=O)c2cccc(-n3nccc3-c3ccccc3)c2)CCC1N.Cl. The lowest BCUT2D eigenvalue weighted by molar-refractivity contribution is 0.0533. The van der Waals surface area contributed by atoms with E-state index < -0.39 is 0 Å². The standard InChI is InChI=1S/C23H26N4O.ClH/c1-23(2)16-26(14-12-21(23)24)22(28)18-9-6-10-19(15-18)27-20(11-13-25-27)17-7-4-3-5-8-17;/h3-11,13,15,21H,12,14,16,24H2,1-2H3;1H. The molecule has 1 unspecified atom stereocenters. The summed E-state index contributed by atoms with van der Waals surface area (Å²) < 4.78 is 1.88. The number of piperidine rings is 1. The smallest absolute Gasteiger partial charge is 0.253 e. The van der Waals surface area contributed by atoms with Gasteiger partial charge in [-0.2, -0.15) is 5.10 Å². The van der Waals surface area contributed by atoms with Crippen LogP contribution in [0.15, 0.2) is 66.9 Å². The summed E-state index contributed by atoms with van der Waals surface area (Å²) in [5.41, 5.74) is 9.79. The summed E-state index contributed by atoms with van der Waals surface area (Å²) in [5.74, 6) is 0.0512. The molecule has 0 radical (unpaired) electrons. The van der Waals surface area contributed by atoms with Gasteiger partial charge in [-0.15, -0.1) is 12.4 Å². The Balaban J connectivity index is 0.00000240. The first-order valence-corrected chi connectivity index (χ1v) is 9.70. The topological polar surface area (TPSA) is 64.2 Å². The molecular formula is C23H27ClN4O. The van der Waals surface area contributed by atoms with E-state index in [1.54, 1.807) is 6.20 Å². The highest BCUT2D eigenvalue weighted by molar-refractivity contribution is 5.95. The second-order valence-electron chi connectivity index (χ2n) is 8.16. The van der Waals surface area contributed by atoms with Crippen molar-refractivity contribution in [2.75, 3.05) is 13.1 Å². The first-order chi connectivity index (χ1) is 13.5. The molecule has 1 aromatic heterocycles. The first-order valence-electron chi connectivity index (χ1n) is 9.70. The highest BCUT2D eigenvalue weighted by atomic mass is 35.5. The maximum Gasteiger partial charge on any atom is 0.253 e. The number of benzene rings is 2. The minimum atomic E-state index is -0.0754. The number of likely N-dealkylation sites (tertiary alicyclic amines) is 1. The summed E-state index contributed by atoms with van der Waals surface area (Å²) in [6.07, 6.45) is 2.61. The molecule has 1 amide bonds. The second kappa shape index (κ2) is 8.39. The molecule has 1 aliphatic heterocycles. The van der Waals surface area contributed by atoms with E-state index in [-0.39, 0.29) is 29.8 Å². The Bertz CT molecular complexity index is 983. The van der Waals surface area contributed by atoms with E-state index in [2.05, 4.69) is 31.1 Å². The van der Waals surface area contributed by atoms with Crippen molar-refractivity contribution in [2.45, 2.75) is 26.3 Å². The quantitative estimate of drug-likeness (QED) is 0.705. The van der Waals surface area contributed by atoms with Crippen molar-refractivity contribution >= 4 is 18.3 Å². The maximum atomic E-state index is 13.1. The van der Waals surface area contributed by atoms with Crippen molar-refractivity contribution in [3.8, 4) is 16.9 Å². The second-order valence-corrected chi connectivity index (χ2v) is 8.16. The lowest BCUT2D eigenvalue weighted by Crippen LogP contribution is -2.54. The van der Waals surface area contributed by atoms with Gasteiger partial charge < -0.3 is 10.6 Å². The third-order valence-electron chi connectivity index (χ3n) is 5.65. The number of amides is 1. The molecule has 0 spiro atoms. The summed E-state index contributed by atoms with van der Waals surface area (Å²) in [4.78, 5) is 15.0. The zero-order valence-electron chi connectivity index (χ0n) is 16.8. The van der Waals surface area contributed by atoms with Crippen LogP contribution >= 0.6 is 12.4 Å². The van der Waals surface area contributed by atoms with Crippen molar-refractivity contribution in [2.24, 2.45) is 11.1 Å². The highest BCUT2D eigenvalue weighted by Crippen LogP contribution is 2.29. The number of hydrogen-bond donors (Lipinski definition) is 1. The van der Waals surface area contributed by atoms with Gasteiger partial charge in [0.25, 0.3) is 5.91 Å². The Hall–Kier alpha value is -2.63. The van der Waals surface area contributed by atoms with Crippen LogP contribution in [-0.2, 0) is 0 Å². The molecule has 5 nitrogen and oxygen atoms in total. The maximum absolute atomic E-state index is 13.1. The average molecular weight is 411 g/mol. The summed E-state index contributed by atoms with van der Waals surface area (Å²) in [6.45, 7) is 5.63. The van der Waals surface area contributed by atoms with E-state index >= 15 is 0 Å². The van der Waals surface area contributed by atoms with Crippen LogP contribution in [0.1, 0.15) is 30.6 Å². The van der Waals surface area contributed by atoms with Crippen molar-refractivity contribution in [1.82, 2.24) is 14.7 Å². The number of carbonyl (C=O) groups excluding carboxylic acids is 1. The van der Waals surface area contributed by atoms with Crippen LogP contribution in [0.5, 0.6) is 0 Å². The predicted octanol–water partition coefficient (Wildman–Crippen LogP) is 4.16. The van der Waals surface area contributed by atoms with Crippen LogP contribution in [0, 0.1) is 5.41 Å². The molecule has 1 atom stereocenters. The summed E-state index contributed by atoms with van der Waals surface area (Å²) in [5, 5.41) is 4.48. The van der Waals surface area contributed by atoms with Gasteiger partial charge in [0.2, 0.25) is 0 Å². The van der Waals surface area contributed by atoms with Crippen LogP contribution in [0.3, 0.4) is 0 Å². The molecule has 152 valence electrons. The van der Waals surface area contributed by atoms with E-state index in [1.165, 1.54) is 0 Å². The average Bonchev–Trinajstić information content (AvgIpc) is 3.20. The van der Waals surface area contributed by atoms with E-state index in [1.807, 2.05) is 58.1 Å². The van der Waals surface area contributed by atoms with Crippen LogP contribution in [0.4, 0.5) is 0 Å². The summed E-state index contributed by atoms with van der Waals surface area (Å²) in [6, 6.07) is 19.9. The Kier molecular flexibility index (Phi) is 6.10. The molecule has 1 saturated heterocycles. The lowest BCUT2D eigenvalue weighted by atomic mass is 9.79. The summed E-state index contributed by atoms with van der Waals surface area (Å²) in [7, 11) is 0. The zero-order valence-corrected chi connectivity index (χ0v) is 17.6. The molecule has 1 fully saturated rings. The fourth-order valence-corrected chi connectivity index (χ4v) is 3.84. The molecule has 6 heteroatoms. The van der Waals surface area contributed by atoms with Gasteiger partial charge in [0.05, 0.1) is 17.6 Å². The number of nitrogens with zero attached hydrogens (tertiary/aromatic N) is 3. The van der Waals surface area contributed by atoms with Crippen LogP contribution in [0.25, 0.3) is 16.9 Å². The minimum absolute atomic E-state index is 0. The first kappa shape index (κ1) is 21.1. The normalized spacial score (nSPS) is 18.2. The van der Waals surface area contributed by atoms with E-state index in [4.69, 9.17) is 5.73 Å². The Morgan fingerprint density at radius 1 is 1.10 bits per heavy atom. The van der Waals surface area contributed by atoms with Gasteiger partial charge in [-0.1, -0.05) is 50.2 Å². The van der Waals surface area contributed by atoms with E-state index in [9.17, 15) is 4.79 Å². The number of carbonyl (C=O) groups is 1. The number of aromatic nitrogens is 2. The van der Waals surface area contributed by atoms with Gasteiger partial charge in [0, 0.05) is 30.3 Å². The van der Waals surface area contributed by atoms with Gasteiger partial charge in [0.15, 0.2) is 0 Å². The molecule has 2 heterocycles. The van der Waals surface area contributed by atoms with Gasteiger partial charge in [-0.05, 0) is 36.1 Å². The molecule has 3 aromatic rings. The lowest BCUT2D eigenvalue weighted by Gasteiger charge is -2.42. The van der Waals surface area contributed by atoms with Crippen LogP contribution < -0.4 is 5.73 Å². The fourth-order valence-electron chi connectivity index (χ4n) is 3.84. The molecule has 1 aliphatic rings. The van der Waals surface area contributed by atoms with Gasteiger partial charge in [0.1, 0.15) is 0 Å². The molecular weight excluding hydrogens is 384 g/mol. The molecule has 0 aliphatic carbocycles. The third-order valence-corrected chi connectivity index (χ3v) is 5.65. The van der Waals surface area contributed by atoms with Gasteiger partial charge in [-0.3, -0.25) is 4.79 Å². The monoisotopic (exact) mass is 410 g/mol. The number of halogens is 1. The van der Waals surface area contributed by atoms with Crippen molar-refractivity contribution in [3.63, 3.8) is 0 Å². The van der Waals surface area contributed by atoms with Crippen molar-refractivity contribution < 1.29 is 4.79 Å². The van der Waals surface area contributed by atoms with E-state index in [0.717, 1.165) is 23.4 Å². The number of nitrogens with two attached hydrogens (primary N) is 1. The Labute approximate surface area is 177 Å². The molecule has 0 bridgehead atoms. The van der Waals surface area contributed by atoms with Crippen LogP contribution in [0.2, 0.25) is 0 Å². The number of rotatable bonds is 3. The van der Waals surface area contributed by atoms with Crippen LogP contribution in [-0.4, -0.2) is 39.7 Å². The molecule has 2 aromatic carbocycles. The molecule has 2 N–H and O–H groups in total. The Morgan fingerprint density at radius 2 is 1.86 bits per heavy atom. The van der Waals surface area contributed by atoms with E-state index in [0.29, 0.717) is 18.7 Å². The minimum Gasteiger partial charge on any atom is -0.338 e. The zero-order chi connectivity index (χ0) is 19.7. The molecule has 4 rings (SSSR count). The third kappa shape index (κ3) is 4.21.